The maximum Gasteiger partial charge on any atom is 0.237 e. The second-order valence-corrected chi connectivity index (χ2v) is 9.42. The Kier molecular flexibility index (Phi) is 10.1. The van der Waals surface area contributed by atoms with E-state index in [9.17, 15) is 14.3 Å². The van der Waals surface area contributed by atoms with E-state index in [1.54, 1.807) is 36.6 Å². The lowest BCUT2D eigenvalue weighted by Gasteiger charge is -2.37. The van der Waals surface area contributed by atoms with Gasteiger partial charge in [0.25, 0.3) is 0 Å². The molecule has 2 unspecified atom stereocenters. The molecule has 3 rings (SSSR count). The monoisotopic (exact) mass is 478 g/mol. The summed E-state index contributed by atoms with van der Waals surface area (Å²) in [6.07, 6.45) is 2.73. The predicted octanol–water partition coefficient (Wildman–Crippen LogP) is 3.89. The Morgan fingerprint density at radius 2 is 2.18 bits per heavy atom. The van der Waals surface area contributed by atoms with Crippen LogP contribution in [0.15, 0.2) is 35.7 Å². The van der Waals surface area contributed by atoms with E-state index < -0.39 is 11.9 Å². The van der Waals surface area contributed by atoms with Crippen LogP contribution in [-0.4, -0.2) is 73.4 Å². The van der Waals surface area contributed by atoms with Crippen molar-refractivity contribution in [2.24, 2.45) is 0 Å². The molecule has 182 valence electrons. The van der Waals surface area contributed by atoms with Crippen LogP contribution in [0.4, 0.5) is 4.39 Å². The summed E-state index contributed by atoms with van der Waals surface area (Å²) in [5.41, 5.74) is 1.08. The van der Waals surface area contributed by atoms with Gasteiger partial charge < -0.3 is 19.5 Å². The number of halogens is 1. The summed E-state index contributed by atoms with van der Waals surface area (Å²) < 4.78 is 25.1. The highest BCUT2D eigenvalue weighted by molar-refractivity contribution is 7.10. The highest BCUT2D eigenvalue weighted by atomic mass is 32.1. The first-order valence-electron chi connectivity index (χ1n) is 11.7. The lowest BCUT2D eigenvalue weighted by molar-refractivity contribution is -0.136. The Balaban J connectivity index is 1.71. The highest BCUT2D eigenvalue weighted by Gasteiger charge is 2.33. The van der Waals surface area contributed by atoms with Crippen LogP contribution < -0.4 is 4.74 Å². The van der Waals surface area contributed by atoms with Gasteiger partial charge in [-0.25, -0.2) is 4.39 Å². The molecular formula is C25H35FN2O4S. The molecular weight excluding hydrogens is 443 g/mol. The second kappa shape index (κ2) is 13.0. The maximum atomic E-state index is 14.1. The third-order valence-corrected chi connectivity index (χ3v) is 6.92. The van der Waals surface area contributed by atoms with Crippen LogP contribution in [0, 0.1) is 5.82 Å². The third kappa shape index (κ3) is 7.24. The van der Waals surface area contributed by atoms with Gasteiger partial charge >= 0.3 is 0 Å². The Labute approximate surface area is 199 Å². The number of hydrogen-bond donors (Lipinski definition) is 1. The molecule has 0 spiro atoms. The number of methoxy groups -OCH3 is 1. The van der Waals surface area contributed by atoms with Crippen molar-refractivity contribution < 1.29 is 23.8 Å². The zero-order valence-electron chi connectivity index (χ0n) is 19.5. The van der Waals surface area contributed by atoms with Crippen LogP contribution in [0.2, 0.25) is 0 Å². The van der Waals surface area contributed by atoms with E-state index in [-0.39, 0.29) is 30.9 Å². The molecule has 8 heteroatoms. The van der Waals surface area contributed by atoms with Crippen LogP contribution in [0.1, 0.15) is 42.7 Å². The topological polar surface area (TPSA) is 62.2 Å². The Morgan fingerprint density at radius 1 is 1.36 bits per heavy atom. The molecule has 33 heavy (non-hydrogen) atoms. The van der Waals surface area contributed by atoms with Crippen molar-refractivity contribution in [2.75, 3.05) is 46.5 Å². The van der Waals surface area contributed by atoms with Gasteiger partial charge in [0.05, 0.1) is 18.7 Å². The SMILES string of the molecule is CCCC(O)CN(CCCOC)CC(=O)N1CCc2sccc2C1COc1ccccc1F. The number of amides is 1. The Hall–Kier alpha value is -2.00. The molecule has 2 aromatic rings. The molecule has 2 heterocycles. The average Bonchev–Trinajstić information content (AvgIpc) is 3.27. The van der Waals surface area contributed by atoms with Gasteiger partial charge in [-0.1, -0.05) is 25.5 Å². The van der Waals surface area contributed by atoms with Gasteiger partial charge in [-0.2, -0.15) is 0 Å². The van der Waals surface area contributed by atoms with Crippen molar-refractivity contribution in [1.82, 2.24) is 9.80 Å². The quantitative estimate of drug-likeness (QED) is 0.443. The number of hydrogen-bond acceptors (Lipinski definition) is 6. The van der Waals surface area contributed by atoms with Crippen molar-refractivity contribution in [2.45, 2.75) is 44.8 Å². The molecule has 0 saturated heterocycles. The minimum absolute atomic E-state index is 0.00454. The predicted molar refractivity (Wildman–Crippen MR) is 128 cm³/mol. The number of fused-ring (bicyclic) bond motifs is 1. The zero-order chi connectivity index (χ0) is 23.6. The van der Waals surface area contributed by atoms with Gasteiger partial charge in [0.15, 0.2) is 11.6 Å². The van der Waals surface area contributed by atoms with E-state index >= 15 is 0 Å². The number of para-hydroxylation sites is 1. The van der Waals surface area contributed by atoms with E-state index in [1.165, 1.54) is 10.9 Å². The molecule has 0 fully saturated rings. The number of nitrogens with zero attached hydrogens (tertiary/aromatic N) is 2. The Bertz CT molecular complexity index is 878. The molecule has 1 aromatic heterocycles. The number of aliphatic hydroxyl groups is 1. The van der Waals surface area contributed by atoms with Crippen molar-refractivity contribution in [3.05, 3.63) is 52.0 Å². The molecule has 1 amide bonds. The average molecular weight is 479 g/mol. The maximum absolute atomic E-state index is 14.1. The third-order valence-electron chi connectivity index (χ3n) is 5.92. The molecule has 0 bridgehead atoms. The minimum Gasteiger partial charge on any atom is -0.488 e. The second-order valence-electron chi connectivity index (χ2n) is 8.42. The van der Waals surface area contributed by atoms with E-state index in [0.29, 0.717) is 32.7 Å². The van der Waals surface area contributed by atoms with Crippen LogP contribution in [0.5, 0.6) is 5.75 Å². The number of thiophene rings is 1. The molecule has 6 nitrogen and oxygen atoms in total. The van der Waals surface area contributed by atoms with Crippen molar-refractivity contribution in [3.8, 4) is 5.75 Å². The van der Waals surface area contributed by atoms with Gasteiger partial charge in [-0.3, -0.25) is 9.69 Å². The van der Waals surface area contributed by atoms with Crippen LogP contribution in [-0.2, 0) is 16.0 Å². The van der Waals surface area contributed by atoms with Crippen molar-refractivity contribution in [1.29, 1.82) is 0 Å². The molecule has 1 N–H and O–H groups in total. The molecule has 0 aliphatic carbocycles. The number of ether oxygens (including phenoxy) is 2. The standard InChI is InChI=1S/C25H35FN2O4S/c1-3-7-19(29)16-27(12-6-14-31-2)17-25(30)28-13-10-24-20(11-15-33-24)22(28)18-32-23-9-5-4-8-21(23)26/h4-5,8-9,11,15,19,22,29H,3,6-7,10,12-14,16-18H2,1-2H3. The molecule has 1 aliphatic heterocycles. The fourth-order valence-electron chi connectivity index (χ4n) is 4.28. The normalized spacial score (nSPS) is 16.6. The summed E-state index contributed by atoms with van der Waals surface area (Å²) in [5.74, 6) is -0.225. The minimum atomic E-state index is -0.463. The first-order valence-corrected chi connectivity index (χ1v) is 12.5. The summed E-state index contributed by atoms with van der Waals surface area (Å²) in [5, 5.41) is 12.4. The van der Waals surface area contributed by atoms with Gasteiger partial charge in [-0.15, -0.1) is 11.3 Å². The molecule has 0 radical (unpaired) electrons. The van der Waals surface area contributed by atoms with Crippen LogP contribution >= 0.6 is 11.3 Å². The smallest absolute Gasteiger partial charge is 0.237 e. The Morgan fingerprint density at radius 3 is 2.94 bits per heavy atom. The van der Waals surface area contributed by atoms with Crippen molar-refractivity contribution >= 4 is 17.2 Å². The van der Waals surface area contributed by atoms with Gasteiger partial charge in [0, 0.05) is 38.2 Å². The van der Waals surface area contributed by atoms with Gasteiger partial charge in [0.2, 0.25) is 5.91 Å². The molecule has 2 atom stereocenters. The fourth-order valence-corrected chi connectivity index (χ4v) is 5.21. The molecule has 0 saturated carbocycles. The van der Waals surface area contributed by atoms with E-state index in [0.717, 1.165) is 24.8 Å². The number of carbonyl (C=O) groups is 1. The number of benzene rings is 1. The summed E-state index contributed by atoms with van der Waals surface area (Å²) in [6, 6.07) is 8.10. The van der Waals surface area contributed by atoms with E-state index in [1.807, 2.05) is 28.2 Å². The van der Waals surface area contributed by atoms with Crippen molar-refractivity contribution in [3.63, 3.8) is 0 Å². The number of carbonyl (C=O) groups excluding carboxylic acids is 1. The summed E-state index contributed by atoms with van der Waals surface area (Å²) in [7, 11) is 1.66. The molecule has 1 aliphatic rings. The fraction of sp³-hybridized carbons (Fsp3) is 0.560. The van der Waals surface area contributed by atoms with Crippen LogP contribution in [0.25, 0.3) is 0 Å². The first-order chi connectivity index (χ1) is 16.0. The number of rotatable bonds is 13. The lowest BCUT2D eigenvalue weighted by atomic mass is 10.0. The summed E-state index contributed by atoms with van der Waals surface area (Å²) in [6.45, 7) is 4.79. The van der Waals surface area contributed by atoms with E-state index in [4.69, 9.17) is 9.47 Å². The highest BCUT2D eigenvalue weighted by Crippen LogP contribution is 2.34. The lowest BCUT2D eigenvalue weighted by Crippen LogP contribution is -2.48. The van der Waals surface area contributed by atoms with E-state index in [2.05, 4.69) is 0 Å². The van der Waals surface area contributed by atoms with Crippen LogP contribution in [0.3, 0.4) is 0 Å². The molecule has 1 aromatic carbocycles. The largest absolute Gasteiger partial charge is 0.488 e. The summed E-state index contributed by atoms with van der Waals surface area (Å²) >= 11 is 1.68. The van der Waals surface area contributed by atoms with Gasteiger partial charge in [0.1, 0.15) is 6.61 Å². The summed E-state index contributed by atoms with van der Waals surface area (Å²) in [4.78, 5) is 18.6. The zero-order valence-corrected chi connectivity index (χ0v) is 20.4. The number of aliphatic hydroxyl groups excluding tert-OH is 1. The van der Waals surface area contributed by atoms with Gasteiger partial charge in [-0.05, 0) is 48.4 Å². The first kappa shape index (κ1) is 25.6.